The normalized spacial score (nSPS) is 23.5. The lowest BCUT2D eigenvalue weighted by Crippen LogP contribution is -2.50. The molecule has 0 radical (unpaired) electrons. The molecule has 152 valence electrons. The Morgan fingerprint density at radius 1 is 1.18 bits per heavy atom. The predicted octanol–water partition coefficient (Wildman–Crippen LogP) is 2.22. The van der Waals surface area contributed by atoms with Gasteiger partial charge in [0.2, 0.25) is 6.10 Å². The number of amides is 1. The van der Waals surface area contributed by atoms with E-state index in [1.54, 1.807) is 24.1 Å². The molecule has 1 spiro atoms. The van der Waals surface area contributed by atoms with Gasteiger partial charge >= 0.3 is 0 Å². The molecule has 1 amide bonds. The van der Waals surface area contributed by atoms with E-state index in [1.807, 2.05) is 0 Å². The zero-order valence-electron chi connectivity index (χ0n) is 15.9. The first-order valence-electron chi connectivity index (χ1n) is 9.26. The third-order valence-electron chi connectivity index (χ3n) is 5.38. The maximum absolute atomic E-state index is 12.9. The topological polar surface area (TPSA) is 78.8 Å². The lowest BCUT2D eigenvalue weighted by Gasteiger charge is -2.38. The van der Waals surface area contributed by atoms with Crippen LogP contribution in [0.5, 0.6) is 11.5 Å². The van der Waals surface area contributed by atoms with E-state index in [0.29, 0.717) is 73.4 Å². The summed E-state index contributed by atoms with van der Waals surface area (Å²) >= 11 is 6.24. The lowest BCUT2D eigenvalue weighted by molar-refractivity contribution is -0.189. The predicted molar refractivity (Wildman–Crippen MR) is 101 cm³/mol. The van der Waals surface area contributed by atoms with Crippen molar-refractivity contribution in [3.05, 3.63) is 22.7 Å². The molecule has 1 aromatic carbocycles. The average molecular weight is 411 g/mol. The van der Waals surface area contributed by atoms with Crippen molar-refractivity contribution in [3.63, 3.8) is 0 Å². The van der Waals surface area contributed by atoms with Gasteiger partial charge in [-0.2, -0.15) is 0 Å². The fourth-order valence-corrected chi connectivity index (χ4v) is 4.05. The molecule has 4 rings (SSSR count). The summed E-state index contributed by atoms with van der Waals surface area (Å²) in [7, 11) is 3.09. The van der Waals surface area contributed by atoms with Crippen molar-refractivity contribution in [2.45, 2.75) is 31.2 Å². The van der Waals surface area contributed by atoms with Gasteiger partial charge in [0, 0.05) is 44.0 Å². The monoisotopic (exact) mass is 410 g/mol. The van der Waals surface area contributed by atoms with Gasteiger partial charge in [0.25, 0.3) is 5.91 Å². The molecule has 3 aliphatic rings. The summed E-state index contributed by atoms with van der Waals surface area (Å²) in [5.74, 6) is 0.479. The number of nitrogens with zero attached hydrogens (tertiary/aromatic N) is 2. The summed E-state index contributed by atoms with van der Waals surface area (Å²) in [5.41, 5.74) is 1.31. The van der Waals surface area contributed by atoms with Gasteiger partial charge in [0.05, 0.1) is 38.2 Å². The Balaban J connectivity index is 1.41. The Kier molecular flexibility index (Phi) is 5.35. The van der Waals surface area contributed by atoms with Crippen molar-refractivity contribution in [3.8, 4) is 11.5 Å². The number of rotatable bonds is 4. The molecule has 28 heavy (non-hydrogen) atoms. The van der Waals surface area contributed by atoms with E-state index < -0.39 is 11.9 Å². The maximum atomic E-state index is 12.9. The number of halogens is 1. The molecule has 3 heterocycles. The Hall–Kier alpha value is -2.03. The van der Waals surface area contributed by atoms with E-state index in [9.17, 15) is 4.79 Å². The molecular formula is C19H23ClN2O6. The Bertz CT molecular complexity index is 783. The Labute approximate surface area is 168 Å². The summed E-state index contributed by atoms with van der Waals surface area (Å²) in [6, 6.07) is 3.41. The van der Waals surface area contributed by atoms with Crippen LogP contribution in [-0.2, 0) is 19.1 Å². The van der Waals surface area contributed by atoms with Crippen molar-refractivity contribution < 1.29 is 28.6 Å². The number of oxime groups is 1. The van der Waals surface area contributed by atoms with Crippen LogP contribution >= 0.6 is 11.6 Å². The van der Waals surface area contributed by atoms with Gasteiger partial charge in [-0.1, -0.05) is 16.8 Å². The van der Waals surface area contributed by atoms with Gasteiger partial charge in [-0.3, -0.25) is 4.79 Å². The highest BCUT2D eigenvalue weighted by atomic mass is 35.5. The zero-order valence-corrected chi connectivity index (χ0v) is 16.7. The van der Waals surface area contributed by atoms with Crippen molar-refractivity contribution >= 4 is 23.2 Å². The van der Waals surface area contributed by atoms with Gasteiger partial charge in [-0.05, 0) is 6.07 Å². The first-order valence-corrected chi connectivity index (χ1v) is 9.64. The number of carbonyl (C=O) groups excluding carboxylic acids is 1. The number of benzene rings is 1. The van der Waals surface area contributed by atoms with Crippen molar-refractivity contribution in [1.82, 2.24) is 4.90 Å². The Morgan fingerprint density at radius 2 is 1.86 bits per heavy atom. The highest BCUT2D eigenvalue weighted by Gasteiger charge is 2.43. The summed E-state index contributed by atoms with van der Waals surface area (Å²) in [6.45, 7) is 2.38. The van der Waals surface area contributed by atoms with Crippen LogP contribution in [0.3, 0.4) is 0 Å². The minimum atomic E-state index is -0.653. The largest absolute Gasteiger partial charge is 0.496 e. The third-order valence-corrected chi connectivity index (χ3v) is 5.67. The van der Waals surface area contributed by atoms with Gasteiger partial charge in [0.15, 0.2) is 5.79 Å². The van der Waals surface area contributed by atoms with Crippen LogP contribution < -0.4 is 9.47 Å². The molecule has 0 bridgehead atoms. The number of hydrogen-bond acceptors (Lipinski definition) is 7. The van der Waals surface area contributed by atoms with Crippen LogP contribution in [0.15, 0.2) is 17.3 Å². The molecule has 0 aliphatic carbocycles. The number of hydrogen-bond donors (Lipinski definition) is 0. The molecular weight excluding hydrogens is 388 g/mol. The van der Waals surface area contributed by atoms with Crippen molar-refractivity contribution in [1.29, 1.82) is 0 Å². The number of methoxy groups -OCH3 is 2. The van der Waals surface area contributed by atoms with Gasteiger partial charge in [-0.15, -0.1) is 0 Å². The van der Waals surface area contributed by atoms with Crippen LogP contribution in [0.25, 0.3) is 0 Å². The van der Waals surface area contributed by atoms with E-state index in [0.717, 1.165) is 0 Å². The van der Waals surface area contributed by atoms with Crippen LogP contribution in [-0.4, -0.2) is 68.9 Å². The molecule has 8 nitrogen and oxygen atoms in total. The first-order chi connectivity index (χ1) is 13.5. The fourth-order valence-electron chi connectivity index (χ4n) is 3.81. The summed E-state index contributed by atoms with van der Waals surface area (Å²) < 4.78 is 22.1. The van der Waals surface area contributed by atoms with Crippen molar-refractivity contribution in [2.24, 2.45) is 5.16 Å². The molecule has 1 aromatic rings. The zero-order chi connectivity index (χ0) is 19.7. The molecule has 0 aromatic heterocycles. The lowest BCUT2D eigenvalue weighted by atomic mass is 10.0. The standard InChI is InChI=1S/C19H23ClN2O6/c1-24-15-11-16(25-2)13(20)9-12(15)14-10-17(28-21-14)18(23)22-5-3-19(4-6-22)26-7-8-27-19/h9,11,17H,3-8,10H2,1-2H3. The van der Waals surface area contributed by atoms with E-state index >= 15 is 0 Å². The fraction of sp³-hybridized carbons (Fsp3) is 0.579. The SMILES string of the molecule is COc1cc(OC)c(C2=NOC(C(=O)N3CCC4(CC3)OCCO4)C2)cc1Cl. The van der Waals surface area contributed by atoms with Crippen LogP contribution in [0.2, 0.25) is 5.02 Å². The number of likely N-dealkylation sites (tertiary alicyclic amines) is 1. The smallest absolute Gasteiger partial charge is 0.266 e. The number of carbonyl (C=O) groups is 1. The minimum absolute atomic E-state index is 0.0785. The molecule has 1 unspecified atom stereocenters. The number of ether oxygens (including phenoxy) is 4. The molecule has 0 saturated carbocycles. The maximum Gasteiger partial charge on any atom is 0.266 e. The quantitative estimate of drug-likeness (QED) is 0.757. The molecule has 2 fully saturated rings. The highest BCUT2D eigenvalue weighted by Crippen LogP contribution is 2.36. The molecule has 0 N–H and O–H groups in total. The van der Waals surface area contributed by atoms with Gasteiger partial charge in [-0.25, -0.2) is 0 Å². The molecule has 2 saturated heterocycles. The van der Waals surface area contributed by atoms with Crippen LogP contribution in [0, 0.1) is 0 Å². The summed E-state index contributed by atoms with van der Waals surface area (Å²) in [5, 5.41) is 4.56. The van der Waals surface area contributed by atoms with E-state index in [4.69, 9.17) is 35.4 Å². The average Bonchev–Trinajstić information content (AvgIpc) is 3.38. The number of piperidine rings is 1. The van der Waals surface area contributed by atoms with Gasteiger partial charge in [0.1, 0.15) is 11.5 Å². The minimum Gasteiger partial charge on any atom is -0.496 e. The van der Waals surface area contributed by atoms with Crippen molar-refractivity contribution in [2.75, 3.05) is 40.5 Å². The second-order valence-electron chi connectivity index (χ2n) is 6.96. The van der Waals surface area contributed by atoms with E-state index in [1.165, 1.54) is 7.11 Å². The van der Waals surface area contributed by atoms with E-state index in [-0.39, 0.29) is 5.91 Å². The molecule has 9 heteroatoms. The second kappa shape index (κ2) is 7.77. The first kappa shape index (κ1) is 19.3. The molecule has 3 aliphatic heterocycles. The van der Waals surface area contributed by atoms with Gasteiger partial charge < -0.3 is 28.7 Å². The summed E-state index contributed by atoms with van der Waals surface area (Å²) in [4.78, 5) is 20.1. The Morgan fingerprint density at radius 3 is 2.50 bits per heavy atom. The van der Waals surface area contributed by atoms with Crippen LogP contribution in [0.4, 0.5) is 0 Å². The third kappa shape index (κ3) is 3.52. The molecule has 1 atom stereocenters. The highest BCUT2D eigenvalue weighted by molar-refractivity contribution is 6.32. The van der Waals surface area contributed by atoms with E-state index in [2.05, 4.69) is 5.16 Å². The second-order valence-corrected chi connectivity index (χ2v) is 7.36. The van der Waals surface area contributed by atoms with Crippen LogP contribution in [0.1, 0.15) is 24.8 Å². The summed E-state index contributed by atoms with van der Waals surface area (Å²) in [6.07, 6.45) is 1.04.